The smallest absolute Gasteiger partial charge is 0.223 e. The molecule has 2 fully saturated rings. The monoisotopic (exact) mass is 247 g/mol. The second-order valence-corrected chi connectivity index (χ2v) is 5.91. The first-order chi connectivity index (χ1) is 8.81. The van der Waals surface area contributed by atoms with Crippen molar-refractivity contribution in [3.05, 3.63) is 0 Å². The third-order valence-electron chi connectivity index (χ3n) is 4.71. The van der Waals surface area contributed by atoms with E-state index in [1.807, 2.05) is 0 Å². The summed E-state index contributed by atoms with van der Waals surface area (Å²) in [4.78, 5) is 12.1. The fourth-order valence-corrected chi connectivity index (χ4v) is 3.66. The van der Waals surface area contributed by atoms with E-state index in [-0.39, 0.29) is 11.8 Å². The summed E-state index contributed by atoms with van der Waals surface area (Å²) in [6, 6.07) is 0. The minimum absolute atomic E-state index is 0.273. The van der Waals surface area contributed by atoms with Gasteiger partial charge in [0.15, 0.2) is 0 Å². The first-order valence-electron chi connectivity index (χ1n) is 7.52. The van der Waals surface area contributed by atoms with Crippen molar-refractivity contribution in [2.45, 2.75) is 57.8 Å². The van der Waals surface area contributed by atoms with Gasteiger partial charge in [-0.25, -0.2) is 0 Å². The molecule has 1 amide bonds. The number of hydrogen-bond acceptors (Lipinski definition) is 1. The maximum absolute atomic E-state index is 12.1. The van der Waals surface area contributed by atoms with Crippen LogP contribution in [0.15, 0.2) is 0 Å². The summed E-state index contributed by atoms with van der Waals surface area (Å²) in [5, 5.41) is 3.05. The molecule has 100 valence electrons. The highest BCUT2D eigenvalue weighted by atomic mass is 16.1. The molecule has 3 unspecified atom stereocenters. The second kappa shape index (κ2) is 6.83. The molecule has 2 nitrogen and oxygen atoms in total. The molecule has 0 saturated heterocycles. The lowest BCUT2D eigenvalue weighted by atomic mass is 9.67. The molecule has 0 aromatic carbocycles. The highest BCUT2D eigenvalue weighted by Crippen LogP contribution is 2.42. The molecule has 2 saturated carbocycles. The zero-order valence-electron chi connectivity index (χ0n) is 11.3. The minimum Gasteiger partial charge on any atom is -0.356 e. The average Bonchev–Trinajstić information content (AvgIpc) is 2.43. The summed E-state index contributed by atoms with van der Waals surface area (Å²) < 4.78 is 0. The average molecular weight is 247 g/mol. The third kappa shape index (κ3) is 3.51. The Morgan fingerprint density at radius 3 is 2.72 bits per heavy atom. The van der Waals surface area contributed by atoms with Gasteiger partial charge >= 0.3 is 0 Å². The van der Waals surface area contributed by atoms with Crippen LogP contribution >= 0.6 is 0 Å². The van der Waals surface area contributed by atoms with Gasteiger partial charge in [0.05, 0.1) is 0 Å². The van der Waals surface area contributed by atoms with Crippen LogP contribution in [-0.2, 0) is 4.79 Å². The van der Waals surface area contributed by atoms with Crippen molar-refractivity contribution in [2.75, 3.05) is 6.54 Å². The van der Waals surface area contributed by atoms with Gasteiger partial charge in [-0.15, -0.1) is 12.3 Å². The molecular formula is C16H25NO. The van der Waals surface area contributed by atoms with Gasteiger partial charge in [0, 0.05) is 18.9 Å². The Bertz CT molecular complexity index is 318. The minimum atomic E-state index is 0.273. The van der Waals surface area contributed by atoms with Crippen LogP contribution in [0, 0.1) is 30.1 Å². The van der Waals surface area contributed by atoms with Gasteiger partial charge in [0.2, 0.25) is 5.91 Å². The SMILES string of the molecule is C#CCCCNC(=O)C1CCC2CCCCC2C1. The number of fused-ring (bicyclic) bond motifs is 1. The molecule has 2 aliphatic carbocycles. The van der Waals surface area contributed by atoms with Gasteiger partial charge < -0.3 is 5.32 Å². The molecule has 0 aromatic heterocycles. The predicted molar refractivity (Wildman–Crippen MR) is 73.9 cm³/mol. The van der Waals surface area contributed by atoms with Gasteiger partial charge in [-0.2, -0.15) is 0 Å². The number of carbonyl (C=O) groups is 1. The maximum Gasteiger partial charge on any atom is 0.223 e. The Labute approximate surface area is 111 Å². The second-order valence-electron chi connectivity index (χ2n) is 5.91. The quantitative estimate of drug-likeness (QED) is 0.600. The lowest BCUT2D eigenvalue weighted by Gasteiger charge is -2.38. The van der Waals surface area contributed by atoms with Crippen molar-refractivity contribution >= 4 is 5.91 Å². The van der Waals surface area contributed by atoms with E-state index >= 15 is 0 Å². The standard InChI is InChI=1S/C16H25NO/c1-2-3-6-11-17-16(18)15-10-9-13-7-4-5-8-14(13)12-15/h1,13-15H,3-12H2,(H,17,18). The summed E-state index contributed by atoms with van der Waals surface area (Å²) >= 11 is 0. The summed E-state index contributed by atoms with van der Waals surface area (Å²) in [5.41, 5.74) is 0. The van der Waals surface area contributed by atoms with Gasteiger partial charge in [-0.05, 0) is 37.5 Å². The van der Waals surface area contributed by atoms with Crippen LogP contribution < -0.4 is 5.32 Å². The molecule has 2 heteroatoms. The number of terminal acetylenes is 1. The topological polar surface area (TPSA) is 29.1 Å². The van der Waals surface area contributed by atoms with E-state index in [0.717, 1.165) is 44.1 Å². The number of amides is 1. The van der Waals surface area contributed by atoms with Crippen LogP contribution in [-0.4, -0.2) is 12.5 Å². The molecule has 0 bridgehead atoms. The zero-order valence-corrected chi connectivity index (χ0v) is 11.3. The van der Waals surface area contributed by atoms with Crippen LogP contribution in [0.3, 0.4) is 0 Å². The Morgan fingerprint density at radius 1 is 1.17 bits per heavy atom. The number of nitrogens with one attached hydrogen (secondary N) is 1. The summed E-state index contributed by atoms with van der Waals surface area (Å²) in [6.07, 6.45) is 15.9. The van der Waals surface area contributed by atoms with Crippen molar-refractivity contribution < 1.29 is 4.79 Å². The Kier molecular flexibility index (Phi) is 5.11. The fourth-order valence-electron chi connectivity index (χ4n) is 3.66. The van der Waals surface area contributed by atoms with E-state index in [4.69, 9.17) is 6.42 Å². The Hall–Kier alpha value is -0.970. The van der Waals surface area contributed by atoms with Crippen molar-refractivity contribution in [3.8, 4) is 12.3 Å². The Morgan fingerprint density at radius 2 is 1.94 bits per heavy atom. The van der Waals surface area contributed by atoms with Crippen LogP contribution in [0.2, 0.25) is 0 Å². The Balaban J connectivity index is 1.73. The van der Waals surface area contributed by atoms with E-state index in [2.05, 4.69) is 11.2 Å². The molecule has 2 aliphatic rings. The summed E-state index contributed by atoms with van der Waals surface area (Å²) in [6.45, 7) is 0.744. The van der Waals surface area contributed by atoms with Gasteiger partial charge in [0.25, 0.3) is 0 Å². The van der Waals surface area contributed by atoms with Crippen LogP contribution in [0.1, 0.15) is 57.8 Å². The first kappa shape index (κ1) is 13.5. The van der Waals surface area contributed by atoms with E-state index in [1.165, 1.54) is 32.1 Å². The zero-order chi connectivity index (χ0) is 12.8. The van der Waals surface area contributed by atoms with Gasteiger partial charge in [-0.3, -0.25) is 4.79 Å². The van der Waals surface area contributed by atoms with Crippen LogP contribution in [0.5, 0.6) is 0 Å². The van der Waals surface area contributed by atoms with Gasteiger partial charge in [0.1, 0.15) is 0 Å². The van der Waals surface area contributed by atoms with Gasteiger partial charge in [-0.1, -0.05) is 25.7 Å². The van der Waals surface area contributed by atoms with Crippen molar-refractivity contribution in [3.63, 3.8) is 0 Å². The van der Waals surface area contributed by atoms with E-state index < -0.39 is 0 Å². The predicted octanol–water partition coefficient (Wildman–Crippen LogP) is 3.12. The first-order valence-corrected chi connectivity index (χ1v) is 7.52. The number of carbonyl (C=O) groups excluding carboxylic acids is 1. The van der Waals surface area contributed by atoms with Crippen molar-refractivity contribution in [2.24, 2.45) is 17.8 Å². The normalized spacial score (nSPS) is 31.2. The maximum atomic E-state index is 12.1. The van der Waals surface area contributed by atoms with Crippen molar-refractivity contribution in [1.29, 1.82) is 0 Å². The lowest BCUT2D eigenvalue weighted by molar-refractivity contribution is -0.127. The molecule has 1 N–H and O–H groups in total. The molecule has 0 aliphatic heterocycles. The molecule has 2 rings (SSSR count). The summed E-state index contributed by atoms with van der Waals surface area (Å²) in [7, 11) is 0. The molecule has 18 heavy (non-hydrogen) atoms. The highest BCUT2D eigenvalue weighted by Gasteiger charge is 2.34. The number of rotatable bonds is 4. The van der Waals surface area contributed by atoms with Crippen molar-refractivity contribution in [1.82, 2.24) is 5.32 Å². The molecular weight excluding hydrogens is 222 g/mol. The largest absolute Gasteiger partial charge is 0.356 e. The van der Waals surface area contributed by atoms with E-state index in [1.54, 1.807) is 0 Å². The number of hydrogen-bond donors (Lipinski definition) is 1. The fraction of sp³-hybridized carbons (Fsp3) is 0.812. The third-order valence-corrected chi connectivity index (χ3v) is 4.71. The number of unbranched alkanes of at least 4 members (excludes halogenated alkanes) is 1. The van der Waals surface area contributed by atoms with E-state index in [9.17, 15) is 4.79 Å². The van der Waals surface area contributed by atoms with Crippen LogP contribution in [0.4, 0.5) is 0 Å². The molecule has 0 aromatic rings. The summed E-state index contributed by atoms with van der Waals surface area (Å²) in [5.74, 6) is 4.90. The molecule has 0 heterocycles. The molecule has 0 radical (unpaired) electrons. The van der Waals surface area contributed by atoms with E-state index in [0.29, 0.717) is 0 Å². The highest BCUT2D eigenvalue weighted by molar-refractivity contribution is 5.78. The molecule has 0 spiro atoms. The molecule has 3 atom stereocenters. The lowest BCUT2D eigenvalue weighted by Crippen LogP contribution is -2.37. The van der Waals surface area contributed by atoms with Crippen LogP contribution in [0.25, 0.3) is 0 Å².